The lowest BCUT2D eigenvalue weighted by Gasteiger charge is -2.43. The van der Waals surface area contributed by atoms with Crippen LogP contribution in [-0.4, -0.2) is 77.0 Å². The van der Waals surface area contributed by atoms with E-state index in [-0.39, 0.29) is 39.9 Å². The molecule has 0 radical (unpaired) electrons. The minimum atomic E-state index is -0.273. The Balaban J connectivity index is 1.21. The average molecular weight is 706 g/mol. The van der Waals surface area contributed by atoms with E-state index in [0.717, 1.165) is 54.6 Å². The third-order valence-corrected chi connectivity index (χ3v) is 11.3. The Morgan fingerprint density at radius 2 is 1.71 bits per heavy atom. The lowest BCUT2D eigenvalue weighted by molar-refractivity contribution is -0.129. The van der Waals surface area contributed by atoms with Crippen molar-refractivity contribution >= 4 is 11.8 Å². The standard InChI is InChI=1S/C42H51N5O5/c1-26-27(2)38(48)44(7)24-34(26)30-19-35(51-8)37(36(20-30)52-9)40(50)45-17-18-46(42(25-45)14-15-42)23-29-11-10-12-32-28(3)47(16-13-33(29)32)39(49)31(22-43)21-41(4,5)6/h10-12,19-21,24,28H,13-18,23,25H2,1-9H3/b31-21+. The predicted molar refractivity (Wildman–Crippen MR) is 201 cm³/mol. The van der Waals surface area contributed by atoms with Crippen LogP contribution in [0.3, 0.4) is 0 Å². The second-order valence-corrected chi connectivity index (χ2v) is 15.8. The number of amides is 2. The van der Waals surface area contributed by atoms with Crippen LogP contribution in [0.5, 0.6) is 11.5 Å². The summed E-state index contributed by atoms with van der Waals surface area (Å²) in [4.78, 5) is 46.6. The topological polar surface area (TPSA) is 108 Å². The third-order valence-electron chi connectivity index (χ3n) is 11.3. The van der Waals surface area contributed by atoms with Crippen LogP contribution >= 0.6 is 0 Å². The molecule has 0 N–H and O–H groups in total. The Kier molecular flexibility index (Phi) is 9.88. The summed E-state index contributed by atoms with van der Waals surface area (Å²) in [5, 5.41) is 9.79. The van der Waals surface area contributed by atoms with Crippen molar-refractivity contribution in [2.24, 2.45) is 12.5 Å². The number of hydrogen-bond acceptors (Lipinski definition) is 7. The Bertz CT molecular complexity index is 2040. The molecule has 1 spiro atoms. The van der Waals surface area contributed by atoms with Crippen LogP contribution in [0.1, 0.15) is 84.8 Å². The van der Waals surface area contributed by atoms with Crippen molar-refractivity contribution in [1.82, 2.24) is 19.3 Å². The first kappa shape index (κ1) is 36.9. The van der Waals surface area contributed by atoms with Crippen molar-refractivity contribution in [1.29, 1.82) is 5.26 Å². The van der Waals surface area contributed by atoms with E-state index in [1.165, 1.54) is 11.1 Å². The van der Waals surface area contributed by atoms with Crippen LogP contribution in [0.25, 0.3) is 11.1 Å². The van der Waals surface area contributed by atoms with Gasteiger partial charge in [-0.2, -0.15) is 5.26 Å². The molecule has 0 bridgehead atoms. The summed E-state index contributed by atoms with van der Waals surface area (Å²) >= 11 is 0. The van der Waals surface area contributed by atoms with Crippen LogP contribution in [0.2, 0.25) is 0 Å². The molecule has 2 aliphatic heterocycles. The van der Waals surface area contributed by atoms with E-state index in [0.29, 0.717) is 42.3 Å². The highest BCUT2D eigenvalue weighted by Crippen LogP contribution is 2.47. The monoisotopic (exact) mass is 705 g/mol. The number of allylic oxidation sites excluding steroid dienone is 1. The number of pyridine rings is 1. The molecule has 274 valence electrons. The zero-order chi connectivity index (χ0) is 37.7. The first-order chi connectivity index (χ1) is 24.6. The minimum Gasteiger partial charge on any atom is -0.496 e. The van der Waals surface area contributed by atoms with Crippen LogP contribution in [0.15, 0.2) is 53.0 Å². The highest BCUT2D eigenvalue weighted by atomic mass is 16.5. The first-order valence-electron chi connectivity index (χ1n) is 18.1. The second-order valence-electron chi connectivity index (χ2n) is 15.8. The number of carbonyl (C=O) groups is 2. The lowest BCUT2D eigenvalue weighted by Crippen LogP contribution is -2.56. The minimum absolute atomic E-state index is 0.0419. The molecule has 3 aliphatic rings. The van der Waals surface area contributed by atoms with Gasteiger partial charge in [0.25, 0.3) is 17.4 Å². The molecule has 1 aromatic heterocycles. The first-order valence-corrected chi connectivity index (χ1v) is 18.1. The number of benzene rings is 2. The molecule has 1 unspecified atom stereocenters. The van der Waals surface area contributed by atoms with Crippen LogP contribution in [0.4, 0.5) is 0 Å². The van der Waals surface area contributed by atoms with E-state index in [1.54, 1.807) is 31.9 Å². The van der Waals surface area contributed by atoms with E-state index < -0.39 is 0 Å². The Morgan fingerprint density at radius 3 is 2.31 bits per heavy atom. The van der Waals surface area contributed by atoms with E-state index in [2.05, 4.69) is 36.1 Å². The maximum absolute atomic E-state index is 14.3. The molecule has 1 atom stereocenters. The number of ether oxygens (including phenoxy) is 2. The molecule has 3 aromatic rings. The third kappa shape index (κ3) is 6.74. The van der Waals surface area contributed by atoms with Crippen molar-refractivity contribution in [2.75, 3.05) is 40.4 Å². The Morgan fingerprint density at radius 1 is 1.04 bits per heavy atom. The molecule has 2 fully saturated rings. The van der Waals surface area contributed by atoms with Crippen molar-refractivity contribution in [3.63, 3.8) is 0 Å². The smallest absolute Gasteiger partial charge is 0.264 e. The van der Waals surface area contributed by atoms with E-state index in [4.69, 9.17) is 9.47 Å². The quantitative estimate of drug-likeness (QED) is 0.215. The molecular weight excluding hydrogens is 654 g/mol. The molecule has 52 heavy (non-hydrogen) atoms. The van der Waals surface area contributed by atoms with E-state index in [1.807, 2.05) is 62.7 Å². The number of nitriles is 1. The van der Waals surface area contributed by atoms with Gasteiger partial charge in [-0.3, -0.25) is 19.3 Å². The summed E-state index contributed by atoms with van der Waals surface area (Å²) in [6.45, 7) is 15.0. The summed E-state index contributed by atoms with van der Waals surface area (Å²) in [6.07, 6.45) is 6.34. The highest BCUT2D eigenvalue weighted by Gasteiger charge is 2.52. The number of aryl methyl sites for hydroxylation is 1. The van der Waals surface area contributed by atoms with Crippen molar-refractivity contribution < 1.29 is 19.1 Å². The van der Waals surface area contributed by atoms with Gasteiger partial charge in [0.2, 0.25) is 0 Å². The van der Waals surface area contributed by atoms with Gasteiger partial charge in [0, 0.05) is 62.6 Å². The van der Waals surface area contributed by atoms with Crippen LogP contribution in [-0.2, 0) is 24.8 Å². The van der Waals surface area contributed by atoms with Gasteiger partial charge in [0.15, 0.2) is 0 Å². The van der Waals surface area contributed by atoms with Gasteiger partial charge in [0.1, 0.15) is 28.7 Å². The van der Waals surface area contributed by atoms with Crippen LogP contribution < -0.4 is 15.0 Å². The summed E-state index contributed by atoms with van der Waals surface area (Å²) in [7, 11) is 4.87. The van der Waals surface area contributed by atoms with Crippen molar-refractivity contribution in [2.45, 2.75) is 78.9 Å². The molecule has 3 heterocycles. The van der Waals surface area contributed by atoms with Crippen LogP contribution in [0, 0.1) is 30.6 Å². The maximum Gasteiger partial charge on any atom is 0.264 e. The summed E-state index contributed by atoms with van der Waals surface area (Å²) in [6, 6.07) is 12.1. The van der Waals surface area contributed by atoms with Crippen molar-refractivity contribution in [3.05, 3.63) is 91.9 Å². The molecule has 10 heteroatoms. The lowest BCUT2D eigenvalue weighted by atomic mass is 9.88. The molecule has 1 saturated carbocycles. The number of piperazine rings is 1. The number of aromatic nitrogens is 1. The zero-order valence-corrected chi connectivity index (χ0v) is 32.1. The Hall–Kier alpha value is -4.88. The molecular formula is C42H51N5O5. The maximum atomic E-state index is 14.3. The van der Waals surface area contributed by atoms with Gasteiger partial charge in [-0.1, -0.05) is 45.0 Å². The fourth-order valence-electron chi connectivity index (χ4n) is 8.06. The number of fused-ring (bicyclic) bond motifs is 1. The molecule has 2 amide bonds. The van der Waals surface area contributed by atoms with E-state index in [9.17, 15) is 19.6 Å². The van der Waals surface area contributed by atoms with Gasteiger partial charge in [-0.05, 0) is 85.4 Å². The molecule has 2 aromatic carbocycles. The number of carbonyl (C=O) groups excluding carboxylic acids is 2. The second kappa shape index (κ2) is 13.9. The van der Waals surface area contributed by atoms with Gasteiger partial charge in [-0.25, -0.2) is 0 Å². The fraction of sp³-hybridized carbons (Fsp3) is 0.476. The average Bonchev–Trinajstić information content (AvgIpc) is 3.90. The van der Waals surface area contributed by atoms with Gasteiger partial charge in [0.05, 0.1) is 20.3 Å². The largest absolute Gasteiger partial charge is 0.496 e. The summed E-state index contributed by atoms with van der Waals surface area (Å²) in [5.74, 6) is 0.544. The zero-order valence-electron chi connectivity index (χ0n) is 32.1. The Labute approximate surface area is 307 Å². The molecule has 6 rings (SSSR count). The molecule has 10 nitrogen and oxygen atoms in total. The number of nitrogens with zero attached hydrogens (tertiary/aromatic N) is 5. The van der Waals surface area contributed by atoms with Gasteiger partial charge in [-0.15, -0.1) is 0 Å². The number of methoxy groups -OCH3 is 2. The summed E-state index contributed by atoms with van der Waals surface area (Å²) in [5.41, 5.74) is 7.10. The SMILES string of the molecule is COc1cc(-c2cn(C)c(=O)c(C)c2C)cc(OC)c1C(=O)N1CCN(Cc2cccc3c2CCN(C(=O)/C(C#N)=C/C(C)(C)C)C3C)C2(CC2)C1. The molecule has 1 aliphatic carbocycles. The summed E-state index contributed by atoms with van der Waals surface area (Å²) < 4.78 is 13.2. The fourth-order valence-corrected chi connectivity index (χ4v) is 8.06. The molecule has 1 saturated heterocycles. The number of rotatable bonds is 7. The van der Waals surface area contributed by atoms with E-state index >= 15 is 0 Å². The predicted octanol–water partition coefficient (Wildman–Crippen LogP) is 6.12. The number of hydrogen-bond donors (Lipinski definition) is 0. The highest BCUT2D eigenvalue weighted by molar-refractivity contribution is 6.01. The van der Waals surface area contributed by atoms with Gasteiger partial charge >= 0.3 is 0 Å². The van der Waals surface area contributed by atoms with Gasteiger partial charge < -0.3 is 23.8 Å². The normalized spacial score (nSPS) is 18.5. The van der Waals surface area contributed by atoms with Crippen molar-refractivity contribution in [3.8, 4) is 28.7 Å².